The highest BCUT2D eigenvalue weighted by Gasteiger charge is 2.20. The van der Waals surface area contributed by atoms with Gasteiger partial charge in [0.05, 0.1) is 0 Å². The Morgan fingerprint density at radius 1 is 1.05 bits per heavy atom. The fraction of sp³-hybridized carbons (Fsp3) is 0.235. The molecule has 0 heterocycles. The van der Waals surface area contributed by atoms with Crippen molar-refractivity contribution in [3.8, 4) is 5.75 Å². The Labute approximate surface area is 123 Å². The molecule has 2 N–H and O–H groups in total. The van der Waals surface area contributed by atoms with Crippen molar-refractivity contribution in [1.82, 2.24) is 0 Å². The molecule has 0 amide bonds. The number of hydrogen-bond donors (Lipinski definition) is 2. The van der Waals surface area contributed by atoms with E-state index in [1.165, 1.54) is 0 Å². The third-order valence-electron chi connectivity index (χ3n) is 3.26. The molecule has 21 heavy (non-hydrogen) atoms. The van der Waals surface area contributed by atoms with Crippen LogP contribution in [0.2, 0.25) is 0 Å². The highest BCUT2D eigenvalue weighted by atomic mass is 16.5. The van der Waals surface area contributed by atoms with E-state index in [9.17, 15) is 9.90 Å². The predicted molar refractivity (Wildman–Crippen MR) is 79.5 cm³/mol. The Kier molecular flexibility index (Phi) is 5.35. The molecule has 0 aliphatic heterocycles. The number of rotatable bonds is 7. The van der Waals surface area contributed by atoms with Gasteiger partial charge in [-0.1, -0.05) is 48.5 Å². The lowest BCUT2D eigenvalue weighted by atomic mass is 10.0. The first-order chi connectivity index (χ1) is 10.2. The standard InChI is InChI=1S/C17H18O4/c18-11-10-14-8-4-5-9-16(14)21-12-15(17(19)20)13-6-2-1-3-7-13/h1-9,15,18H,10-12H2,(H,19,20). The molecule has 0 aliphatic rings. The van der Waals surface area contributed by atoms with E-state index in [2.05, 4.69) is 0 Å². The van der Waals surface area contributed by atoms with E-state index in [-0.39, 0.29) is 13.2 Å². The van der Waals surface area contributed by atoms with Gasteiger partial charge in [0.25, 0.3) is 0 Å². The average molecular weight is 286 g/mol. The monoisotopic (exact) mass is 286 g/mol. The summed E-state index contributed by atoms with van der Waals surface area (Å²) in [5, 5.41) is 18.4. The van der Waals surface area contributed by atoms with Crippen LogP contribution in [-0.2, 0) is 11.2 Å². The first-order valence-corrected chi connectivity index (χ1v) is 6.81. The van der Waals surface area contributed by atoms with Gasteiger partial charge >= 0.3 is 5.97 Å². The lowest BCUT2D eigenvalue weighted by Gasteiger charge is -2.16. The summed E-state index contributed by atoms with van der Waals surface area (Å²) in [6, 6.07) is 16.4. The Morgan fingerprint density at radius 3 is 2.38 bits per heavy atom. The zero-order valence-electron chi connectivity index (χ0n) is 11.6. The second-order valence-corrected chi connectivity index (χ2v) is 4.69. The number of aliphatic hydroxyl groups excluding tert-OH is 1. The molecule has 1 unspecified atom stereocenters. The van der Waals surface area contributed by atoms with Gasteiger partial charge in [-0.2, -0.15) is 0 Å². The van der Waals surface area contributed by atoms with Crippen LogP contribution in [0, 0.1) is 0 Å². The number of hydrogen-bond acceptors (Lipinski definition) is 3. The van der Waals surface area contributed by atoms with Crippen molar-refractivity contribution < 1.29 is 19.7 Å². The van der Waals surface area contributed by atoms with Crippen molar-refractivity contribution in [3.63, 3.8) is 0 Å². The molecule has 0 aromatic heterocycles. The maximum absolute atomic E-state index is 11.4. The number of ether oxygens (including phenoxy) is 1. The van der Waals surface area contributed by atoms with Crippen LogP contribution in [0.5, 0.6) is 5.75 Å². The van der Waals surface area contributed by atoms with E-state index in [0.717, 1.165) is 5.56 Å². The van der Waals surface area contributed by atoms with E-state index >= 15 is 0 Å². The normalized spacial score (nSPS) is 11.9. The van der Waals surface area contributed by atoms with Crippen LogP contribution < -0.4 is 4.74 Å². The van der Waals surface area contributed by atoms with Crippen molar-refractivity contribution in [1.29, 1.82) is 0 Å². The summed E-state index contributed by atoms with van der Waals surface area (Å²) in [4.78, 5) is 11.4. The molecule has 0 saturated heterocycles. The van der Waals surface area contributed by atoms with Crippen LogP contribution >= 0.6 is 0 Å². The summed E-state index contributed by atoms with van der Waals surface area (Å²) in [6.45, 7) is 0.0865. The first kappa shape index (κ1) is 15.1. The fourth-order valence-electron chi connectivity index (χ4n) is 2.14. The molecule has 4 nitrogen and oxygen atoms in total. The van der Waals surface area contributed by atoms with Crippen LogP contribution in [0.3, 0.4) is 0 Å². The van der Waals surface area contributed by atoms with Gasteiger partial charge in [-0.25, -0.2) is 0 Å². The number of benzene rings is 2. The maximum atomic E-state index is 11.4. The van der Waals surface area contributed by atoms with E-state index < -0.39 is 11.9 Å². The third kappa shape index (κ3) is 4.07. The zero-order valence-corrected chi connectivity index (χ0v) is 11.6. The molecular formula is C17H18O4. The van der Waals surface area contributed by atoms with Crippen LogP contribution in [0.4, 0.5) is 0 Å². The highest BCUT2D eigenvalue weighted by molar-refractivity contribution is 5.76. The van der Waals surface area contributed by atoms with E-state index in [4.69, 9.17) is 9.84 Å². The third-order valence-corrected chi connectivity index (χ3v) is 3.26. The van der Waals surface area contributed by atoms with Gasteiger partial charge in [0, 0.05) is 6.61 Å². The van der Waals surface area contributed by atoms with Crippen molar-refractivity contribution in [2.45, 2.75) is 12.3 Å². The highest BCUT2D eigenvalue weighted by Crippen LogP contribution is 2.22. The first-order valence-electron chi connectivity index (χ1n) is 6.81. The summed E-state index contributed by atoms with van der Waals surface area (Å²) < 4.78 is 5.68. The predicted octanol–water partition coefficient (Wildman–Crippen LogP) is 2.47. The summed E-state index contributed by atoms with van der Waals surface area (Å²) >= 11 is 0. The molecule has 110 valence electrons. The Bertz CT molecular complexity index is 580. The second kappa shape index (κ2) is 7.45. The molecule has 0 fully saturated rings. The Balaban J connectivity index is 2.11. The van der Waals surface area contributed by atoms with Crippen molar-refractivity contribution in [2.75, 3.05) is 13.2 Å². The molecule has 4 heteroatoms. The van der Waals surface area contributed by atoms with Crippen LogP contribution in [-0.4, -0.2) is 29.4 Å². The molecule has 0 aliphatic carbocycles. The van der Waals surface area contributed by atoms with Gasteiger partial charge in [0.1, 0.15) is 18.3 Å². The molecule has 2 rings (SSSR count). The minimum absolute atomic E-state index is 0.0292. The van der Waals surface area contributed by atoms with Crippen LogP contribution in [0.25, 0.3) is 0 Å². The molecule has 0 bridgehead atoms. The van der Waals surface area contributed by atoms with E-state index in [1.807, 2.05) is 36.4 Å². The van der Waals surface area contributed by atoms with Gasteiger partial charge in [0.2, 0.25) is 0 Å². The lowest BCUT2D eigenvalue weighted by Crippen LogP contribution is -2.19. The average Bonchev–Trinajstić information content (AvgIpc) is 2.50. The molecule has 0 radical (unpaired) electrons. The SMILES string of the molecule is O=C(O)C(COc1ccccc1CCO)c1ccccc1. The molecule has 2 aromatic carbocycles. The number of carboxylic acids is 1. The summed E-state index contributed by atoms with van der Waals surface area (Å²) in [6.07, 6.45) is 0.485. The quantitative estimate of drug-likeness (QED) is 0.820. The van der Waals surface area contributed by atoms with Crippen LogP contribution in [0.15, 0.2) is 54.6 Å². The molecule has 0 spiro atoms. The lowest BCUT2D eigenvalue weighted by molar-refractivity contribution is -0.139. The van der Waals surface area contributed by atoms with Gasteiger partial charge in [0.15, 0.2) is 0 Å². The number of carbonyl (C=O) groups is 1. The Morgan fingerprint density at radius 2 is 1.71 bits per heavy atom. The molecular weight excluding hydrogens is 268 g/mol. The number of aliphatic hydroxyl groups is 1. The summed E-state index contributed by atoms with van der Waals surface area (Å²) in [7, 11) is 0. The van der Waals surface area contributed by atoms with Crippen LogP contribution in [0.1, 0.15) is 17.0 Å². The van der Waals surface area contributed by atoms with Gasteiger partial charge in [-0.15, -0.1) is 0 Å². The molecule has 0 saturated carbocycles. The van der Waals surface area contributed by atoms with Crippen molar-refractivity contribution in [2.24, 2.45) is 0 Å². The topological polar surface area (TPSA) is 66.8 Å². The van der Waals surface area contributed by atoms with E-state index in [1.54, 1.807) is 18.2 Å². The van der Waals surface area contributed by atoms with Gasteiger partial charge in [-0.3, -0.25) is 4.79 Å². The molecule has 2 aromatic rings. The van der Waals surface area contributed by atoms with Gasteiger partial charge < -0.3 is 14.9 Å². The number of carboxylic acid groups (broad SMARTS) is 1. The van der Waals surface area contributed by atoms with E-state index in [0.29, 0.717) is 17.7 Å². The minimum atomic E-state index is -0.916. The molecule has 1 atom stereocenters. The smallest absolute Gasteiger partial charge is 0.314 e. The summed E-state index contributed by atoms with van der Waals surface area (Å²) in [5.41, 5.74) is 1.59. The number of para-hydroxylation sites is 1. The maximum Gasteiger partial charge on any atom is 0.314 e. The Hall–Kier alpha value is -2.33. The van der Waals surface area contributed by atoms with Crippen molar-refractivity contribution in [3.05, 3.63) is 65.7 Å². The van der Waals surface area contributed by atoms with Crippen molar-refractivity contribution >= 4 is 5.97 Å². The summed E-state index contributed by atoms with van der Waals surface area (Å²) in [5.74, 6) is -1.01. The second-order valence-electron chi connectivity index (χ2n) is 4.69. The number of aliphatic carboxylic acids is 1. The fourth-order valence-corrected chi connectivity index (χ4v) is 2.14. The minimum Gasteiger partial charge on any atom is -0.492 e. The van der Waals surface area contributed by atoms with Gasteiger partial charge in [-0.05, 0) is 23.6 Å². The zero-order chi connectivity index (χ0) is 15.1. The largest absolute Gasteiger partial charge is 0.492 e.